The molecule has 0 aliphatic heterocycles. The average molecular weight is 321 g/mol. The van der Waals surface area contributed by atoms with E-state index in [1.807, 2.05) is 6.07 Å². The van der Waals surface area contributed by atoms with Gasteiger partial charge >= 0.3 is 11.9 Å². The summed E-state index contributed by atoms with van der Waals surface area (Å²) >= 11 is 0. The molecule has 3 N–H and O–H groups in total. The predicted octanol–water partition coefficient (Wildman–Crippen LogP) is 2.05. The number of aliphatic carboxylic acids is 1. The lowest BCUT2D eigenvalue weighted by Gasteiger charge is -2.39. The van der Waals surface area contributed by atoms with Crippen LogP contribution >= 0.6 is 0 Å². The number of nitrogens with two attached hydrogens (primary N) is 1. The van der Waals surface area contributed by atoms with Gasteiger partial charge < -0.3 is 20.3 Å². The van der Waals surface area contributed by atoms with E-state index < -0.39 is 29.0 Å². The molecule has 2 unspecified atom stereocenters. The summed E-state index contributed by atoms with van der Waals surface area (Å²) in [5, 5.41) is 9.75. The Morgan fingerprint density at radius 3 is 2.52 bits per heavy atom. The highest BCUT2D eigenvalue weighted by molar-refractivity contribution is 6.00. The molecular formula is C17H23NO5. The molecule has 1 aliphatic rings. The van der Waals surface area contributed by atoms with Gasteiger partial charge in [0.05, 0.1) is 13.2 Å². The van der Waals surface area contributed by atoms with Crippen molar-refractivity contribution < 1.29 is 24.2 Å². The van der Waals surface area contributed by atoms with Crippen LogP contribution < -0.4 is 10.5 Å². The van der Waals surface area contributed by atoms with Crippen LogP contribution in [0.15, 0.2) is 18.2 Å². The fourth-order valence-electron chi connectivity index (χ4n) is 2.91. The highest BCUT2D eigenvalue weighted by Crippen LogP contribution is 2.45. The molecule has 0 saturated heterocycles. The van der Waals surface area contributed by atoms with Crippen LogP contribution in [0.5, 0.6) is 5.75 Å². The maximum atomic E-state index is 12.6. The highest BCUT2D eigenvalue weighted by atomic mass is 16.6. The van der Waals surface area contributed by atoms with E-state index in [1.165, 1.54) is 0 Å². The fraction of sp³-hybridized carbons (Fsp3) is 0.529. The van der Waals surface area contributed by atoms with Crippen LogP contribution in [0.3, 0.4) is 0 Å². The number of aryl methyl sites for hydroxylation is 1. The number of fused-ring (bicyclic) bond motifs is 1. The van der Waals surface area contributed by atoms with Crippen molar-refractivity contribution in [3.8, 4) is 5.75 Å². The minimum atomic E-state index is -1.77. The first kappa shape index (κ1) is 17.3. The number of ether oxygens (including phenoxy) is 2. The number of methoxy groups -OCH3 is 1. The van der Waals surface area contributed by atoms with Gasteiger partial charge in [0.25, 0.3) is 0 Å². The molecular weight excluding hydrogens is 298 g/mol. The van der Waals surface area contributed by atoms with Gasteiger partial charge in [-0.1, -0.05) is 6.07 Å². The summed E-state index contributed by atoms with van der Waals surface area (Å²) in [5.41, 5.74) is 5.21. The van der Waals surface area contributed by atoms with Gasteiger partial charge in [-0.05, 0) is 56.9 Å². The van der Waals surface area contributed by atoms with Gasteiger partial charge in [-0.2, -0.15) is 0 Å². The molecule has 0 saturated carbocycles. The molecule has 0 radical (unpaired) electrons. The first-order valence-corrected chi connectivity index (χ1v) is 7.51. The quantitative estimate of drug-likeness (QED) is 0.653. The molecule has 2 rings (SSSR count). The van der Waals surface area contributed by atoms with E-state index in [1.54, 1.807) is 40.0 Å². The normalized spacial score (nSPS) is 23.8. The van der Waals surface area contributed by atoms with Crippen LogP contribution in [0, 0.1) is 5.41 Å². The van der Waals surface area contributed by atoms with E-state index in [-0.39, 0.29) is 6.42 Å². The minimum Gasteiger partial charge on any atom is -0.497 e. The van der Waals surface area contributed by atoms with E-state index >= 15 is 0 Å². The van der Waals surface area contributed by atoms with E-state index in [9.17, 15) is 14.7 Å². The summed E-state index contributed by atoms with van der Waals surface area (Å²) in [6.07, 6.45) is 0.518. The van der Waals surface area contributed by atoms with Gasteiger partial charge in [-0.3, -0.25) is 9.59 Å². The van der Waals surface area contributed by atoms with Crippen molar-refractivity contribution in [2.45, 2.75) is 45.3 Å². The van der Waals surface area contributed by atoms with Crippen molar-refractivity contribution in [2.24, 2.45) is 11.1 Å². The first-order valence-electron chi connectivity index (χ1n) is 7.51. The topological polar surface area (TPSA) is 98.8 Å². The molecule has 0 amide bonds. The van der Waals surface area contributed by atoms with Gasteiger partial charge in [-0.15, -0.1) is 0 Å². The summed E-state index contributed by atoms with van der Waals surface area (Å²) in [6.45, 7) is 5.11. The van der Waals surface area contributed by atoms with Crippen molar-refractivity contribution in [2.75, 3.05) is 7.11 Å². The minimum absolute atomic E-state index is 0.0958. The van der Waals surface area contributed by atoms with Crippen LogP contribution in [-0.2, 0) is 20.7 Å². The molecule has 1 aromatic carbocycles. The van der Waals surface area contributed by atoms with Crippen molar-refractivity contribution in [1.29, 1.82) is 0 Å². The number of carbonyl (C=O) groups is 2. The van der Waals surface area contributed by atoms with Crippen molar-refractivity contribution in [3.05, 3.63) is 29.3 Å². The second-order valence-corrected chi connectivity index (χ2v) is 6.82. The monoisotopic (exact) mass is 321 g/mol. The smallest absolute Gasteiger partial charge is 0.326 e. The molecule has 126 valence electrons. The third-order valence-electron chi connectivity index (χ3n) is 4.15. The van der Waals surface area contributed by atoms with Gasteiger partial charge in [0.2, 0.25) is 0 Å². The Hall–Kier alpha value is -2.08. The molecule has 1 aliphatic carbocycles. The Kier molecular flexibility index (Phi) is 4.39. The van der Waals surface area contributed by atoms with Gasteiger partial charge in [0, 0.05) is 0 Å². The maximum Gasteiger partial charge on any atom is 0.326 e. The molecule has 0 bridgehead atoms. The van der Waals surface area contributed by atoms with Crippen LogP contribution in [0.25, 0.3) is 0 Å². The summed E-state index contributed by atoms with van der Waals surface area (Å²) in [5.74, 6) is -1.36. The van der Waals surface area contributed by atoms with Crippen LogP contribution in [0.4, 0.5) is 0 Å². The zero-order valence-electron chi connectivity index (χ0n) is 13.9. The average Bonchev–Trinajstić information content (AvgIpc) is 2.45. The van der Waals surface area contributed by atoms with E-state index in [0.717, 1.165) is 5.56 Å². The van der Waals surface area contributed by atoms with Crippen molar-refractivity contribution >= 4 is 11.9 Å². The first-order chi connectivity index (χ1) is 10.6. The summed E-state index contributed by atoms with van der Waals surface area (Å²) in [4.78, 5) is 24.6. The fourth-order valence-corrected chi connectivity index (χ4v) is 2.91. The Bertz CT molecular complexity index is 634. The van der Waals surface area contributed by atoms with Crippen molar-refractivity contribution in [3.63, 3.8) is 0 Å². The van der Waals surface area contributed by atoms with Gasteiger partial charge in [0.1, 0.15) is 11.4 Å². The molecule has 0 heterocycles. The van der Waals surface area contributed by atoms with E-state index in [0.29, 0.717) is 17.7 Å². The number of carboxylic acids is 1. The standard InChI is InChI=1S/C17H23NO5/c1-16(2,3)23-15(21)17(14(19)20)8-7-10-9-11(22-4)5-6-12(10)13(17)18/h5-6,9,13H,7-8,18H2,1-4H3,(H,19,20). The SMILES string of the molecule is COc1ccc2c(c1)CCC(C(=O)O)(C(=O)OC(C)(C)C)C2N. The molecule has 0 aromatic heterocycles. The molecule has 6 heteroatoms. The Labute approximate surface area is 135 Å². The third-order valence-corrected chi connectivity index (χ3v) is 4.15. The third kappa shape index (κ3) is 3.03. The summed E-state index contributed by atoms with van der Waals surface area (Å²) in [7, 11) is 1.56. The van der Waals surface area contributed by atoms with E-state index in [4.69, 9.17) is 15.2 Å². The number of rotatable bonds is 3. The molecule has 0 fully saturated rings. The second kappa shape index (κ2) is 5.85. The van der Waals surface area contributed by atoms with Crippen LogP contribution in [0.2, 0.25) is 0 Å². The van der Waals surface area contributed by atoms with Gasteiger partial charge in [-0.25, -0.2) is 0 Å². The van der Waals surface area contributed by atoms with Crippen LogP contribution in [-0.4, -0.2) is 29.8 Å². The number of benzene rings is 1. The zero-order valence-corrected chi connectivity index (χ0v) is 13.9. The number of hydrogen-bond donors (Lipinski definition) is 2. The Morgan fingerprint density at radius 1 is 1.35 bits per heavy atom. The summed E-state index contributed by atoms with van der Waals surface area (Å²) < 4.78 is 10.5. The summed E-state index contributed by atoms with van der Waals surface area (Å²) in [6, 6.07) is 4.30. The largest absolute Gasteiger partial charge is 0.497 e. The zero-order chi connectivity index (χ0) is 17.4. The number of esters is 1. The predicted molar refractivity (Wildman–Crippen MR) is 84.2 cm³/mol. The van der Waals surface area contributed by atoms with Crippen LogP contribution in [0.1, 0.15) is 44.4 Å². The molecule has 6 nitrogen and oxygen atoms in total. The Morgan fingerprint density at radius 2 is 2.00 bits per heavy atom. The highest BCUT2D eigenvalue weighted by Gasteiger charge is 2.56. The number of carbonyl (C=O) groups excluding carboxylic acids is 1. The Balaban J connectivity index is 2.46. The van der Waals surface area contributed by atoms with E-state index in [2.05, 4.69) is 0 Å². The lowest BCUT2D eigenvalue weighted by atomic mass is 9.68. The lowest BCUT2D eigenvalue weighted by molar-refractivity contribution is -0.180. The second-order valence-electron chi connectivity index (χ2n) is 6.82. The molecule has 23 heavy (non-hydrogen) atoms. The number of hydrogen-bond acceptors (Lipinski definition) is 5. The van der Waals surface area contributed by atoms with Crippen molar-refractivity contribution in [1.82, 2.24) is 0 Å². The number of carboxylic acid groups (broad SMARTS) is 1. The van der Waals surface area contributed by atoms with Gasteiger partial charge in [0.15, 0.2) is 5.41 Å². The lowest BCUT2D eigenvalue weighted by Crippen LogP contribution is -2.52. The molecule has 2 atom stereocenters. The maximum absolute atomic E-state index is 12.6. The molecule has 1 aromatic rings. The molecule has 0 spiro atoms.